The second-order valence-electron chi connectivity index (χ2n) is 5.66. The van der Waals surface area contributed by atoms with Crippen molar-refractivity contribution in [2.75, 3.05) is 14.2 Å². The maximum absolute atomic E-state index is 5.75. The summed E-state index contributed by atoms with van der Waals surface area (Å²) >= 11 is 0. The Morgan fingerprint density at radius 3 is 2.08 bits per heavy atom. The molecule has 3 rings (SSSR count). The predicted octanol–water partition coefficient (Wildman–Crippen LogP) is 4.72. The first kappa shape index (κ1) is 16.6. The number of methoxy groups -OCH3 is 2. The summed E-state index contributed by atoms with van der Waals surface area (Å²) in [5.41, 5.74) is 5.34. The zero-order chi connectivity index (χ0) is 17.8. The Kier molecular flexibility index (Phi) is 4.72. The Morgan fingerprint density at radius 1 is 0.880 bits per heavy atom. The first-order valence-corrected chi connectivity index (χ1v) is 7.93. The summed E-state index contributed by atoms with van der Waals surface area (Å²) in [6, 6.07) is 17.6. The van der Waals surface area contributed by atoms with Crippen LogP contribution in [0.3, 0.4) is 0 Å². The van der Waals surface area contributed by atoms with E-state index < -0.39 is 0 Å². The lowest BCUT2D eigenvalue weighted by molar-refractivity contribution is 0.415. The topological polar surface area (TPSA) is 31.4 Å². The number of aromatic nitrogens is 1. The van der Waals surface area contributed by atoms with E-state index in [0.717, 1.165) is 45.1 Å². The second-order valence-corrected chi connectivity index (χ2v) is 5.66. The van der Waals surface area contributed by atoms with Gasteiger partial charge in [0.2, 0.25) is 0 Å². The molecule has 3 nitrogen and oxygen atoms in total. The zero-order valence-electron chi connectivity index (χ0n) is 14.5. The summed E-state index contributed by atoms with van der Waals surface area (Å²) in [5.74, 6) is 4.34. The number of aryl methyl sites for hydroxylation is 1. The van der Waals surface area contributed by atoms with E-state index >= 15 is 0 Å². The van der Waals surface area contributed by atoms with Crippen LogP contribution >= 0.6 is 0 Å². The number of rotatable bonds is 4. The molecule has 25 heavy (non-hydrogen) atoms. The Balaban J connectivity index is 2.20. The number of ether oxygens (including phenoxy) is 2. The molecule has 0 aliphatic rings. The molecule has 0 unspecified atom stereocenters. The van der Waals surface area contributed by atoms with Crippen molar-refractivity contribution >= 4 is 0 Å². The van der Waals surface area contributed by atoms with Gasteiger partial charge in [0, 0.05) is 11.1 Å². The number of benzene rings is 2. The quantitative estimate of drug-likeness (QED) is 0.649. The van der Waals surface area contributed by atoms with Gasteiger partial charge in [0.25, 0.3) is 0 Å². The Hall–Kier alpha value is -3.25. The van der Waals surface area contributed by atoms with Gasteiger partial charge in [-0.05, 0) is 42.8 Å². The minimum Gasteiger partial charge on any atom is -0.497 e. The second kappa shape index (κ2) is 7.11. The lowest BCUT2D eigenvalue weighted by Gasteiger charge is -2.12. The molecular formula is C22H19NO2. The van der Waals surface area contributed by atoms with Crippen molar-refractivity contribution in [3.8, 4) is 46.4 Å². The van der Waals surface area contributed by atoms with E-state index in [2.05, 4.69) is 5.92 Å². The molecule has 0 amide bonds. The number of pyridine rings is 1. The highest BCUT2D eigenvalue weighted by Crippen LogP contribution is 2.31. The maximum atomic E-state index is 5.75. The van der Waals surface area contributed by atoms with E-state index in [1.54, 1.807) is 14.2 Å². The molecule has 2 aromatic carbocycles. The lowest BCUT2D eigenvalue weighted by Crippen LogP contribution is -1.97. The maximum Gasteiger partial charge on any atom is 0.119 e. The van der Waals surface area contributed by atoms with Gasteiger partial charge in [0.15, 0.2) is 0 Å². The van der Waals surface area contributed by atoms with E-state index in [9.17, 15) is 0 Å². The lowest BCUT2D eigenvalue weighted by atomic mass is 9.99. The van der Waals surface area contributed by atoms with E-state index in [-0.39, 0.29) is 0 Å². The molecule has 0 atom stereocenters. The van der Waals surface area contributed by atoms with Crippen LogP contribution in [0.4, 0.5) is 0 Å². The van der Waals surface area contributed by atoms with Crippen molar-refractivity contribution in [1.82, 2.24) is 4.98 Å². The van der Waals surface area contributed by atoms with Gasteiger partial charge in [-0.1, -0.05) is 30.2 Å². The minimum atomic E-state index is 0.770. The summed E-state index contributed by atoms with van der Waals surface area (Å²) in [6.45, 7) is 2.00. The zero-order valence-corrected chi connectivity index (χ0v) is 14.5. The standard InChI is InChI=1S/C22H19NO2/c1-5-20-15(2)12-21(16-8-6-10-18(13-16)24-3)23-22(20)17-9-7-11-19(14-17)25-4/h1,6-14H,2-4H3. The van der Waals surface area contributed by atoms with Crippen LogP contribution in [-0.2, 0) is 0 Å². The fourth-order valence-electron chi connectivity index (χ4n) is 2.76. The van der Waals surface area contributed by atoms with Crippen LogP contribution in [0.2, 0.25) is 0 Å². The van der Waals surface area contributed by atoms with Gasteiger partial charge in [0.05, 0.1) is 31.2 Å². The molecule has 0 aliphatic carbocycles. The van der Waals surface area contributed by atoms with Crippen molar-refractivity contribution in [3.05, 3.63) is 65.7 Å². The van der Waals surface area contributed by atoms with E-state index in [0.29, 0.717) is 0 Å². The first-order chi connectivity index (χ1) is 12.2. The van der Waals surface area contributed by atoms with Crippen LogP contribution in [0.5, 0.6) is 11.5 Å². The van der Waals surface area contributed by atoms with Crippen LogP contribution < -0.4 is 9.47 Å². The van der Waals surface area contributed by atoms with Crippen LogP contribution in [0.25, 0.3) is 22.5 Å². The molecule has 0 bridgehead atoms. The molecule has 3 aromatic rings. The van der Waals surface area contributed by atoms with Gasteiger partial charge in [0.1, 0.15) is 11.5 Å². The molecule has 0 saturated carbocycles. The van der Waals surface area contributed by atoms with Gasteiger partial charge in [-0.3, -0.25) is 0 Å². The van der Waals surface area contributed by atoms with Crippen molar-refractivity contribution in [2.24, 2.45) is 0 Å². The van der Waals surface area contributed by atoms with Crippen molar-refractivity contribution in [3.63, 3.8) is 0 Å². The molecule has 0 N–H and O–H groups in total. The highest BCUT2D eigenvalue weighted by atomic mass is 16.5. The van der Waals surface area contributed by atoms with Crippen LogP contribution in [-0.4, -0.2) is 19.2 Å². The normalized spacial score (nSPS) is 10.2. The summed E-state index contributed by atoms with van der Waals surface area (Å²) in [7, 11) is 3.30. The predicted molar refractivity (Wildman–Crippen MR) is 101 cm³/mol. The van der Waals surface area contributed by atoms with Gasteiger partial charge < -0.3 is 9.47 Å². The average Bonchev–Trinajstić information content (AvgIpc) is 2.67. The van der Waals surface area contributed by atoms with Gasteiger partial charge >= 0.3 is 0 Å². The molecular weight excluding hydrogens is 310 g/mol. The van der Waals surface area contributed by atoms with Gasteiger partial charge in [-0.2, -0.15) is 0 Å². The number of hydrogen-bond donors (Lipinski definition) is 0. The van der Waals surface area contributed by atoms with Gasteiger partial charge in [-0.25, -0.2) is 4.98 Å². The molecule has 0 saturated heterocycles. The number of terminal acetylenes is 1. The van der Waals surface area contributed by atoms with Gasteiger partial charge in [-0.15, -0.1) is 6.42 Å². The molecule has 0 radical (unpaired) electrons. The van der Waals surface area contributed by atoms with E-state index in [1.165, 1.54) is 0 Å². The molecule has 0 fully saturated rings. The molecule has 124 valence electrons. The summed E-state index contributed by atoms with van der Waals surface area (Å²) < 4.78 is 10.6. The summed E-state index contributed by atoms with van der Waals surface area (Å²) in [4.78, 5) is 4.84. The Morgan fingerprint density at radius 2 is 1.48 bits per heavy atom. The van der Waals surface area contributed by atoms with E-state index in [4.69, 9.17) is 20.9 Å². The fourth-order valence-corrected chi connectivity index (χ4v) is 2.76. The van der Waals surface area contributed by atoms with Crippen LogP contribution in [0, 0.1) is 19.3 Å². The van der Waals surface area contributed by atoms with Crippen LogP contribution in [0.15, 0.2) is 54.6 Å². The number of hydrogen-bond acceptors (Lipinski definition) is 3. The third-order valence-corrected chi connectivity index (χ3v) is 4.07. The molecule has 3 heteroatoms. The third-order valence-electron chi connectivity index (χ3n) is 4.07. The first-order valence-electron chi connectivity index (χ1n) is 7.93. The van der Waals surface area contributed by atoms with Crippen molar-refractivity contribution < 1.29 is 9.47 Å². The molecule has 0 spiro atoms. The minimum absolute atomic E-state index is 0.770. The smallest absolute Gasteiger partial charge is 0.119 e. The largest absolute Gasteiger partial charge is 0.497 e. The summed E-state index contributed by atoms with van der Waals surface area (Å²) in [6.07, 6.45) is 5.75. The monoisotopic (exact) mass is 329 g/mol. The van der Waals surface area contributed by atoms with Crippen LogP contribution in [0.1, 0.15) is 11.1 Å². The van der Waals surface area contributed by atoms with Crippen molar-refractivity contribution in [1.29, 1.82) is 0 Å². The third kappa shape index (κ3) is 3.34. The van der Waals surface area contributed by atoms with E-state index in [1.807, 2.05) is 61.5 Å². The van der Waals surface area contributed by atoms with Crippen molar-refractivity contribution in [2.45, 2.75) is 6.92 Å². The SMILES string of the molecule is C#Cc1c(C)cc(-c2cccc(OC)c2)nc1-c1cccc(OC)c1. The Bertz CT molecular complexity index is 954. The molecule has 0 aliphatic heterocycles. The summed E-state index contributed by atoms with van der Waals surface area (Å²) in [5, 5.41) is 0. The Labute approximate surface area is 148 Å². The fraction of sp³-hybridized carbons (Fsp3) is 0.136. The molecule has 1 heterocycles. The highest BCUT2D eigenvalue weighted by molar-refractivity contribution is 5.74. The molecule has 1 aromatic heterocycles. The number of nitrogens with zero attached hydrogens (tertiary/aromatic N) is 1. The average molecular weight is 329 g/mol. The highest BCUT2D eigenvalue weighted by Gasteiger charge is 2.13.